The summed E-state index contributed by atoms with van der Waals surface area (Å²) >= 11 is 11.1. The van der Waals surface area contributed by atoms with Gasteiger partial charge in [0.05, 0.1) is 0 Å². The molecule has 0 spiro atoms. The Bertz CT molecular complexity index is 714. The Morgan fingerprint density at radius 2 is 1.67 bits per heavy atom. The fourth-order valence-electron chi connectivity index (χ4n) is 2.21. The number of hydrogen-bond donors (Lipinski definition) is 0. The molecule has 126 valence electrons. The number of para-hydroxylation sites is 4. The van der Waals surface area contributed by atoms with Crippen molar-refractivity contribution in [2.45, 2.75) is 6.10 Å². The first-order valence-electron chi connectivity index (χ1n) is 7.46. The summed E-state index contributed by atoms with van der Waals surface area (Å²) in [5, 5.41) is 0. The van der Waals surface area contributed by atoms with E-state index in [-0.39, 0.29) is 17.2 Å². The van der Waals surface area contributed by atoms with Gasteiger partial charge in [0, 0.05) is 0 Å². The summed E-state index contributed by atoms with van der Waals surface area (Å²) in [6.07, 6.45) is 1.37. The summed E-state index contributed by atoms with van der Waals surface area (Å²) in [6.45, 7) is 1.05. The van der Waals surface area contributed by atoms with Crippen LogP contribution in [0.25, 0.3) is 0 Å². The molecule has 0 saturated heterocycles. The quantitative estimate of drug-likeness (QED) is 0.748. The molecule has 1 atom stereocenters. The molecule has 0 radical (unpaired) electrons. The molecule has 0 aliphatic carbocycles. The van der Waals surface area contributed by atoms with Gasteiger partial charge in [0.25, 0.3) is 0 Å². The fraction of sp³-hybridized carbons (Fsp3) is 0.222. The minimum absolute atomic E-state index is 0.166. The van der Waals surface area contributed by atoms with Crippen LogP contribution in [-0.4, -0.2) is 25.9 Å². The highest BCUT2D eigenvalue weighted by molar-refractivity contribution is 6.55. The van der Waals surface area contributed by atoms with Crippen molar-refractivity contribution in [1.29, 1.82) is 0 Å². The van der Waals surface area contributed by atoms with E-state index in [1.54, 1.807) is 6.08 Å². The van der Waals surface area contributed by atoms with E-state index in [0.29, 0.717) is 24.7 Å². The lowest BCUT2D eigenvalue weighted by atomic mass is 10.2. The molecule has 0 amide bonds. The molecule has 3 rings (SSSR count). The van der Waals surface area contributed by atoms with Crippen LogP contribution in [0.1, 0.15) is 0 Å². The molecule has 0 aromatic heterocycles. The van der Waals surface area contributed by atoms with Gasteiger partial charge in [0.1, 0.15) is 24.3 Å². The monoisotopic (exact) mass is 366 g/mol. The molecule has 0 saturated carbocycles. The molecule has 1 heterocycles. The number of ether oxygens (including phenoxy) is 4. The summed E-state index contributed by atoms with van der Waals surface area (Å²) in [5.41, 5.74) is 0. The molecule has 2 aromatic rings. The summed E-state index contributed by atoms with van der Waals surface area (Å²) in [6, 6.07) is 15.0. The highest BCUT2D eigenvalue weighted by Crippen LogP contribution is 2.32. The lowest BCUT2D eigenvalue weighted by molar-refractivity contribution is 0.0526. The maximum absolute atomic E-state index is 5.87. The molecule has 0 bridgehead atoms. The summed E-state index contributed by atoms with van der Waals surface area (Å²) in [4.78, 5) is 0. The predicted octanol–water partition coefficient (Wildman–Crippen LogP) is 4.60. The average molecular weight is 367 g/mol. The molecule has 2 aromatic carbocycles. The van der Waals surface area contributed by atoms with E-state index in [9.17, 15) is 0 Å². The Morgan fingerprint density at radius 3 is 2.42 bits per heavy atom. The van der Waals surface area contributed by atoms with Crippen LogP contribution < -0.4 is 18.9 Å². The molecule has 24 heavy (non-hydrogen) atoms. The van der Waals surface area contributed by atoms with Gasteiger partial charge in [-0.1, -0.05) is 47.5 Å². The van der Waals surface area contributed by atoms with Crippen LogP contribution >= 0.6 is 23.2 Å². The summed E-state index contributed by atoms with van der Waals surface area (Å²) in [7, 11) is 0. The zero-order valence-electron chi connectivity index (χ0n) is 12.8. The van der Waals surface area contributed by atoms with Gasteiger partial charge in [-0.05, 0) is 30.3 Å². The zero-order chi connectivity index (χ0) is 16.8. The second-order valence-electron chi connectivity index (χ2n) is 5.06. The molecular weight excluding hydrogens is 351 g/mol. The first-order chi connectivity index (χ1) is 11.7. The first kappa shape index (κ1) is 16.8. The largest absolute Gasteiger partial charge is 0.486 e. The van der Waals surface area contributed by atoms with Crippen molar-refractivity contribution in [3.8, 4) is 23.0 Å². The van der Waals surface area contributed by atoms with Gasteiger partial charge >= 0.3 is 0 Å². The topological polar surface area (TPSA) is 36.9 Å². The fourth-order valence-corrected chi connectivity index (χ4v) is 2.34. The van der Waals surface area contributed by atoms with Crippen molar-refractivity contribution in [2.75, 3.05) is 19.8 Å². The van der Waals surface area contributed by atoms with Gasteiger partial charge in [-0.3, -0.25) is 0 Å². The second kappa shape index (κ2) is 8.18. The smallest absolute Gasteiger partial charge is 0.166 e. The van der Waals surface area contributed by atoms with Crippen molar-refractivity contribution in [3.63, 3.8) is 0 Å². The van der Waals surface area contributed by atoms with Crippen molar-refractivity contribution in [3.05, 3.63) is 59.1 Å². The number of halogens is 2. The SMILES string of the molecule is ClC(Cl)=CCOc1ccccc1OCC1COc2ccccc2O1. The minimum atomic E-state index is -0.190. The zero-order valence-corrected chi connectivity index (χ0v) is 14.3. The van der Waals surface area contributed by atoms with Crippen LogP contribution in [-0.2, 0) is 0 Å². The molecule has 4 nitrogen and oxygen atoms in total. The van der Waals surface area contributed by atoms with Crippen molar-refractivity contribution < 1.29 is 18.9 Å². The Kier molecular flexibility index (Phi) is 5.72. The molecule has 6 heteroatoms. The van der Waals surface area contributed by atoms with Crippen LogP contribution in [0.5, 0.6) is 23.0 Å². The number of rotatable bonds is 6. The van der Waals surface area contributed by atoms with E-state index in [1.165, 1.54) is 0 Å². The van der Waals surface area contributed by atoms with Crippen molar-refractivity contribution >= 4 is 23.2 Å². The van der Waals surface area contributed by atoms with E-state index < -0.39 is 0 Å². The molecule has 0 fully saturated rings. The number of hydrogen-bond acceptors (Lipinski definition) is 4. The maximum atomic E-state index is 5.87. The Morgan fingerprint density at radius 1 is 1.00 bits per heavy atom. The van der Waals surface area contributed by atoms with Gasteiger partial charge in [0.2, 0.25) is 0 Å². The van der Waals surface area contributed by atoms with Gasteiger partial charge in [-0.25, -0.2) is 0 Å². The van der Waals surface area contributed by atoms with Gasteiger partial charge in [-0.15, -0.1) is 0 Å². The van der Waals surface area contributed by atoms with Crippen LogP contribution in [0.3, 0.4) is 0 Å². The minimum Gasteiger partial charge on any atom is -0.486 e. The highest BCUT2D eigenvalue weighted by Gasteiger charge is 2.21. The lowest BCUT2D eigenvalue weighted by Gasteiger charge is -2.26. The molecule has 1 unspecified atom stereocenters. The van der Waals surface area contributed by atoms with E-state index >= 15 is 0 Å². The van der Waals surface area contributed by atoms with E-state index in [4.69, 9.17) is 42.1 Å². The standard InChI is InChI=1S/C18H16Cl2O4/c19-18(20)9-10-21-14-5-1-2-6-15(14)22-11-13-12-23-16-7-3-4-8-17(16)24-13/h1-9,13H,10-12H2. The second-order valence-corrected chi connectivity index (χ2v) is 6.07. The van der Waals surface area contributed by atoms with Crippen LogP contribution in [0.4, 0.5) is 0 Å². The van der Waals surface area contributed by atoms with E-state index in [0.717, 1.165) is 11.5 Å². The summed E-state index contributed by atoms with van der Waals surface area (Å²) in [5.74, 6) is 2.71. The van der Waals surface area contributed by atoms with Gasteiger partial charge in [-0.2, -0.15) is 0 Å². The molecule has 1 aliphatic heterocycles. The number of benzene rings is 2. The molecule has 0 N–H and O–H groups in total. The molecular formula is C18H16Cl2O4. The average Bonchev–Trinajstić information content (AvgIpc) is 2.60. The van der Waals surface area contributed by atoms with Crippen LogP contribution in [0.15, 0.2) is 59.1 Å². The third kappa shape index (κ3) is 4.49. The number of fused-ring (bicyclic) bond motifs is 1. The molecule has 1 aliphatic rings. The first-order valence-corrected chi connectivity index (χ1v) is 8.22. The van der Waals surface area contributed by atoms with E-state index in [1.807, 2.05) is 48.5 Å². The van der Waals surface area contributed by atoms with Crippen LogP contribution in [0.2, 0.25) is 0 Å². The van der Waals surface area contributed by atoms with Gasteiger partial charge < -0.3 is 18.9 Å². The Balaban J connectivity index is 1.58. The predicted molar refractivity (Wildman–Crippen MR) is 93.6 cm³/mol. The maximum Gasteiger partial charge on any atom is 0.166 e. The van der Waals surface area contributed by atoms with Crippen molar-refractivity contribution in [1.82, 2.24) is 0 Å². The lowest BCUT2D eigenvalue weighted by Crippen LogP contribution is -2.34. The third-order valence-corrected chi connectivity index (χ3v) is 3.63. The van der Waals surface area contributed by atoms with Crippen molar-refractivity contribution in [2.24, 2.45) is 0 Å². The van der Waals surface area contributed by atoms with Crippen LogP contribution in [0, 0.1) is 0 Å². The van der Waals surface area contributed by atoms with Gasteiger partial charge in [0.15, 0.2) is 29.1 Å². The Labute approximate surface area is 150 Å². The highest BCUT2D eigenvalue weighted by atomic mass is 35.5. The third-order valence-electron chi connectivity index (χ3n) is 3.32. The summed E-state index contributed by atoms with van der Waals surface area (Å²) < 4.78 is 23.1. The normalized spacial score (nSPS) is 15.5. The Hall–Kier alpha value is -2.04. The van der Waals surface area contributed by atoms with E-state index in [2.05, 4.69) is 0 Å².